The molecule has 6 heteroatoms. The molecule has 1 aromatic rings. The molecule has 0 unspecified atom stereocenters. The van der Waals surface area contributed by atoms with Crippen LogP contribution in [0.1, 0.15) is 57.4 Å². The third kappa shape index (κ3) is 4.65. The fourth-order valence-corrected chi connectivity index (χ4v) is 5.52. The average molecular weight is 379 g/mol. The maximum absolute atomic E-state index is 12.7. The van der Waals surface area contributed by atoms with Gasteiger partial charge in [-0.2, -0.15) is 4.31 Å². The molecule has 0 aromatic heterocycles. The van der Waals surface area contributed by atoms with Crippen molar-refractivity contribution in [1.82, 2.24) is 9.62 Å². The van der Waals surface area contributed by atoms with Gasteiger partial charge >= 0.3 is 0 Å². The first-order chi connectivity index (χ1) is 12.5. The highest BCUT2D eigenvalue weighted by atomic mass is 32.2. The lowest BCUT2D eigenvalue weighted by Gasteiger charge is -2.29. The lowest BCUT2D eigenvalue weighted by atomic mass is 9.86. The van der Waals surface area contributed by atoms with Crippen molar-refractivity contribution in [3.8, 4) is 0 Å². The van der Waals surface area contributed by atoms with Crippen molar-refractivity contribution >= 4 is 15.9 Å². The average Bonchev–Trinajstić information content (AvgIpc) is 2.65. The number of amides is 1. The molecule has 5 nitrogen and oxygen atoms in total. The van der Waals surface area contributed by atoms with Crippen molar-refractivity contribution in [1.29, 1.82) is 0 Å². The van der Waals surface area contributed by atoms with E-state index in [2.05, 4.69) is 12.2 Å². The van der Waals surface area contributed by atoms with Crippen LogP contribution in [0.25, 0.3) is 0 Å². The first-order valence-corrected chi connectivity index (χ1v) is 11.3. The molecule has 1 saturated carbocycles. The molecule has 1 aliphatic heterocycles. The monoisotopic (exact) mass is 378 g/mol. The van der Waals surface area contributed by atoms with Crippen molar-refractivity contribution in [3.05, 3.63) is 29.8 Å². The van der Waals surface area contributed by atoms with Gasteiger partial charge in [-0.15, -0.1) is 0 Å². The Bertz CT molecular complexity index is 709. The van der Waals surface area contributed by atoms with Crippen LogP contribution in [0.5, 0.6) is 0 Å². The number of rotatable bonds is 5. The van der Waals surface area contributed by atoms with Crippen molar-refractivity contribution in [2.75, 3.05) is 13.1 Å². The molecule has 0 spiro atoms. The smallest absolute Gasteiger partial charge is 0.243 e. The molecule has 26 heavy (non-hydrogen) atoms. The zero-order valence-corrected chi connectivity index (χ0v) is 16.4. The second kappa shape index (κ2) is 8.53. The van der Waals surface area contributed by atoms with Crippen LogP contribution in [0.4, 0.5) is 0 Å². The third-order valence-corrected chi connectivity index (χ3v) is 7.61. The van der Waals surface area contributed by atoms with E-state index in [1.807, 2.05) is 0 Å². The van der Waals surface area contributed by atoms with Gasteiger partial charge in [-0.25, -0.2) is 8.42 Å². The van der Waals surface area contributed by atoms with E-state index in [0.717, 1.165) is 31.2 Å². The first kappa shape index (κ1) is 19.4. The lowest BCUT2D eigenvalue weighted by molar-refractivity contribution is -0.121. The van der Waals surface area contributed by atoms with Crippen LogP contribution in [-0.4, -0.2) is 37.8 Å². The predicted octanol–water partition coefficient (Wildman–Crippen LogP) is 3.10. The van der Waals surface area contributed by atoms with Crippen LogP contribution in [0.3, 0.4) is 0 Å². The summed E-state index contributed by atoms with van der Waals surface area (Å²) < 4.78 is 26.9. The Hall–Kier alpha value is -1.40. The molecule has 0 radical (unpaired) electrons. The summed E-state index contributed by atoms with van der Waals surface area (Å²) in [7, 11) is -3.40. The molecule has 3 rings (SSSR count). The minimum atomic E-state index is -3.40. The van der Waals surface area contributed by atoms with E-state index in [9.17, 15) is 13.2 Å². The summed E-state index contributed by atoms with van der Waals surface area (Å²) in [6.45, 7) is 3.41. The standard InChI is InChI=1S/C20H30N2O3S/c1-16-7-3-4-8-19(16)21-20(23)15-17-9-11-18(12-10-17)26(24,25)22-13-5-2-6-14-22/h9-12,16,19H,2-8,13-15H2,1H3,(H,21,23)/t16-,19-/m0/s1. The summed E-state index contributed by atoms with van der Waals surface area (Å²) in [5.74, 6) is 0.556. The number of carbonyl (C=O) groups is 1. The summed E-state index contributed by atoms with van der Waals surface area (Å²) in [6.07, 6.45) is 7.91. The third-order valence-electron chi connectivity index (χ3n) is 5.70. The van der Waals surface area contributed by atoms with Gasteiger partial charge in [-0.3, -0.25) is 4.79 Å². The lowest BCUT2D eigenvalue weighted by Crippen LogP contribution is -2.41. The van der Waals surface area contributed by atoms with Crippen molar-refractivity contribution in [2.24, 2.45) is 5.92 Å². The molecule has 0 bridgehead atoms. The highest BCUT2D eigenvalue weighted by molar-refractivity contribution is 7.89. The Morgan fingerprint density at radius 3 is 2.35 bits per heavy atom. The van der Waals surface area contributed by atoms with Gasteiger partial charge in [0.1, 0.15) is 0 Å². The molecular weight excluding hydrogens is 348 g/mol. The topological polar surface area (TPSA) is 66.5 Å². The van der Waals surface area contributed by atoms with E-state index in [-0.39, 0.29) is 11.9 Å². The summed E-state index contributed by atoms with van der Waals surface area (Å²) in [4.78, 5) is 12.6. The molecule has 1 aliphatic carbocycles. The zero-order chi connectivity index (χ0) is 18.6. The van der Waals surface area contributed by atoms with Gasteiger partial charge in [-0.05, 0) is 49.3 Å². The van der Waals surface area contributed by atoms with Crippen LogP contribution in [0, 0.1) is 5.92 Å². The molecule has 1 amide bonds. The van der Waals surface area contributed by atoms with Crippen LogP contribution in [-0.2, 0) is 21.2 Å². The molecule has 1 heterocycles. The number of nitrogens with one attached hydrogen (secondary N) is 1. The molecule has 1 aromatic carbocycles. The van der Waals surface area contributed by atoms with Crippen LogP contribution < -0.4 is 5.32 Å². The van der Waals surface area contributed by atoms with Crippen LogP contribution in [0.15, 0.2) is 29.2 Å². The van der Waals surface area contributed by atoms with Gasteiger partial charge in [0.25, 0.3) is 0 Å². The molecule has 2 aliphatic rings. The highest BCUT2D eigenvalue weighted by Crippen LogP contribution is 2.24. The van der Waals surface area contributed by atoms with Gasteiger partial charge in [0.2, 0.25) is 15.9 Å². The fourth-order valence-electron chi connectivity index (χ4n) is 4.01. The van der Waals surface area contributed by atoms with E-state index in [0.29, 0.717) is 30.3 Å². The molecule has 2 fully saturated rings. The van der Waals surface area contributed by atoms with E-state index in [1.165, 1.54) is 19.3 Å². The molecular formula is C20H30N2O3S. The van der Waals surface area contributed by atoms with E-state index >= 15 is 0 Å². The van der Waals surface area contributed by atoms with Crippen LogP contribution in [0.2, 0.25) is 0 Å². The minimum absolute atomic E-state index is 0.0235. The SMILES string of the molecule is C[C@H]1CCCC[C@@H]1NC(=O)Cc1ccc(S(=O)(=O)N2CCCCC2)cc1. The summed E-state index contributed by atoms with van der Waals surface area (Å²) in [5.41, 5.74) is 0.851. The predicted molar refractivity (Wildman–Crippen MR) is 102 cm³/mol. The van der Waals surface area contributed by atoms with E-state index in [4.69, 9.17) is 0 Å². The number of nitrogens with zero attached hydrogens (tertiary/aromatic N) is 1. The van der Waals surface area contributed by atoms with Crippen molar-refractivity contribution in [3.63, 3.8) is 0 Å². The number of carbonyl (C=O) groups excluding carboxylic acids is 1. The quantitative estimate of drug-likeness (QED) is 0.856. The van der Waals surface area contributed by atoms with E-state index in [1.54, 1.807) is 28.6 Å². The van der Waals surface area contributed by atoms with Gasteiger partial charge in [-0.1, -0.05) is 38.3 Å². The van der Waals surface area contributed by atoms with E-state index < -0.39 is 10.0 Å². The Morgan fingerprint density at radius 1 is 1.04 bits per heavy atom. The fraction of sp³-hybridized carbons (Fsp3) is 0.650. The number of hydrogen-bond donors (Lipinski definition) is 1. The van der Waals surface area contributed by atoms with Crippen LogP contribution >= 0.6 is 0 Å². The van der Waals surface area contributed by atoms with Gasteiger partial charge < -0.3 is 5.32 Å². The maximum Gasteiger partial charge on any atom is 0.243 e. The minimum Gasteiger partial charge on any atom is -0.353 e. The Labute approximate surface area is 157 Å². The normalized spacial score (nSPS) is 25.0. The number of benzene rings is 1. The molecule has 1 saturated heterocycles. The highest BCUT2D eigenvalue weighted by Gasteiger charge is 2.26. The second-order valence-corrected chi connectivity index (χ2v) is 9.66. The molecule has 1 N–H and O–H groups in total. The summed E-state index contributed by atoms with van der Waals surface area (Å²) >= 11 is 0. The molecule has 2 atom stereocenters. The van der Waals surface area contributed by atoms with Gasteiger partial charge in [0.05, 0.1) is 11.3 Å². The molecule has 144 valence electrons. The number of hydrogen-bond acceptors (Lipinski definition) is 3. The zero-order valence-electron chi connectivity index (χ0n) is 15.6. The summed E-state index contributed by atoms with van der Waals surface area (Å²) in [6, 6.07) is 7.07. The van der Waals surface area contributed by atoms with Gasteiger partial charge in [0, 0.05) is 19.1 Å². The Balaban J connectivity index is 1.59. The second-order valence-electron chi connectivity index (χ2n) is 7.72. The first-order valence-electron chi connectivity index (χ1n) is 9.85. The summed E-state index contributed by atoms with van der Waals surface area (Å²) in [5, 5.41) is 3.15. The Morgan fingerprint density at radius 2 is 1.69 bits per heavy atom. The number of piperidine rings is 1. The van der Waals surface area contributed by atoms with Gasteiger partial charge in [0.15, 0.2) is 0 Å². The number of sulfonamides is 1. The largest absolute Gasteiger partial charge is 0.353 e. The van der Waals surface area contributed by atoms with Crippen molar-refractivity contribution < 1.29 is 13.2 Å². The van der Waals surface area contributed by atoms with Crippen molar-refractivity contribution in [2.45, 2.75) is 69.2 Å². The maximum atomic E-state index is 12.7. The Kier molecular flexibility index (Phi) is 6.35.